The zero-order valence-corrected chi connectivity index (χ0v) is 20.6. The summed E-state index contributed by atoms with van der Waals surface area (Å²) in [6, 6.07) is 5.63. The van der Waals surface area contributed by atoms with Crippen molar-refractivity contribution < 1.29 is 14.0 Å². The van der Waals surface area contributed by atoms with Crippen molar-refractivity contribution in [3.05, 3.63) is 48.7 Å². The van der Waals surface area contributed by atoms with Gasteiger partial charge in [0.15, 0.2) is 5.65 Å². The van der Waals surface area contributed by atoms with Crippen molar-refractivity contribution >= 4 is 23.3 Å². The highest BCUT2D eigenvalue weighted by Crippen LogP contribution is 2.29. The molecule has 2 aliphatic rings. The van der Waals surface area contributed by atoms with E-state index in [2.05, 4.69) is 20.2 Å². The molecule has 1 N–H and O–H groups in total. The number of carbonyl (C=O) groups excluding carboxylic acids is 2. The van der Waals surface area contributed by atoms with Crippen molar-refractivity contribution in [1.29, 1.82) is 0 Å². The van der Waals surface area contributed by atoms with Crippen LogP contribution in [-0.4, -0.2) is 92.7 Å². The molecule has 2 amide bonds. The van der Waals surface area contributed by atoms with Crippen LogP contribution in [-0.2, 0) is 9.59 Å². The molecule has 0 saturated carbocycles. The fourth-order valence-corrected chi connectivity index (χ4v) is 4.96. The lowest BCUT2D eigenvalue weighted by atomic mass is 10.1. The first kappa shape index (κ1) is 24.2. The molecule has 0 spiro atoms. The average Bonchev–Trinajstić information content (AvgIpc) is 3.27. The smallest absolute Gasteiger partial charge is 0.244 e. The fourth-order valence-electron chi connectivity index (χ4n) is 4.96. The van der Waals surface area contributed by atoms with Gasteiger partial charge >= 0.3 is 0 Å². The molecule has 1 aromatic carbocycles. The molecule has 4 heterocycles. The van der Waals surface area contributed by atoms with E-state index in [-0.39, 0.29) is 17.6 Å². The number of benzene rings is 1. The number of amides is 2. The van der Waals surface area contributed by atoms with Crippen LogP contribution in [0.25, 0.3) is 16.9 Å². The first-order valence-corrected chi connectivity index (χ1v) is 12.6. The van der Waals surface area contributed by atoms with Gasteiger partial charge in [0.05, 0.1) is 12.7 Å². The summed E-state index contributed by atoms with van der Waals surface area (Å²) in [5.74, 6) is 0.524. The Morgan fingerprint density at radius 3 is 2.44 bits per heavy atom. The fraction of sp³-hybridized carbons (Fsp3) is 0.462. The molecule has 5 rings (SSSR count). The summed E-state index contributed by atoms with van der Waals surface area (Å²) in [5, 5.41) is 3.34. The molecule has 190 valence electrons. The van der Waals surface area contributed by atoms with E-state index in [1.54, 1.807) is 30.7 Å². The molecular formula is C26H32FN7O2. The Hall–Kier alpha value is -3.53. The van der Waals surface area contributed by atoms with E-state index in [0.29, 0.717) is 49.9 Å². The number of halogens is 1. The van der Waals surface area contributed by atoms with Gasteiger partial charge in [0.2, 0.25) is 11.8 Å². The molecule has 0 bridgehead atoms. The summed E-state index contributed by atoms with van der Waals surface area (Å²) in [7, 11) is 0. The van der Waals surface area contributed by atoms with E-state index in [4.69, 9.17) is 0 Å². The maximum absolute atomic E-state index is 13.5. The summed E-state index contributed by atoms with van der Waals surface area (Å²) >= 11 is 0. The van der Waals surface area contributed by atoms with E-state index >= 15 is 0 Å². The van der Waals surface area contributed by atoms with Gasteiger partial charge in [-0.2, -0.15) is 0 Å². The minimum Gasteiger partial charge on any atom is -0.358 e. The molecule has 2 aromatic heterocycles. The standard InChI is InChI=1S/C26H32FN7O2/c1-19(26(36)33-15-13-31(14-16-33)18-23(35)32-10-3-2-4-11-32)29-25-24(20-5-7-21(27)8-6-20)30-22-17-28-9-12-34(22)25/h5-9,12,17,19,29H,2-4,10-11,13-16,18H2,1H3. The SMILES string of the molecule is CC(Nc1c(-c2ccc(F)cc2)nc2cnccn12)C(=O)N1CCN(CC(=O)N2CCCCC2)CC1. The maximum Gasteiger partial charge on any atom is 0.244 e. The molecule has 3 aromatic rings. The number of carbonyl (C=O) groups is 2. The van der Waals surface area contributed by atoms with Gasteiger partial charge in [-0.05, 0) is 50.5 Å². The van der Waals surface area contributed by atoms with Gasteiger partial charge in [-0.3, -0.25) is 23.9 Å². The van der Waals surface area contributed by atoms with Crippen molar-refractivity contribution in [2.45, 2.75) is 32.2 Å². The summed E-state index contributed by atoms with van der Waals surface area (Å²) in [5.41, 5.74) is 2.00. The van der Waals surface area contributed by atoms with E-state index in [1.807, 2.05) is 21.1 Å². The van der Waals surface area contributed by atoms with Crippen LogP contribution in [0.2, 0.25) is 0 Å². The molecule has 10 heteroatoms. The highest BCUT2D eigenvalue weighted by Gasteiger charge is 2.28. The summed E-state index contributed by atoms with van der Waals surface area (Å²) in [4.78, 5) is 40.7. The van der Waals surface area contributed by atoms with Gasteiger partial charge in [-0.25, -0.2) is 9.37 Å². The van der Waals surface area contributed by atoms with Crippen molar-refractivity contribution in [2.75, 3.05) is 51.1 Å². The Morgan fingerprint density at radius 1 is 1.00 bits per heavy atom. The van der Waals surface area contributed by atoms with Crippen LogP contribution < -0.4 is 5.32 Å². The number of imidazole rings is 1. The van der Waals surface area contributed by atoms with E-state index in [1.165, 1.54) is 18.6 Å². The topological polar surface area (TPSA) is 86.1 Å². The predicted molar refractivity (Wildman–Crippen MR) is 135 cm³/mol. The van der Waals surface area contributed by atoms with Crippen molar-refractivity contribution in [1.82, 2.24) is 29.1 Å². The minimum absolute atomic E-state index is 0.00827. The highest BCUT2D eigenvalue weighted by molar-refractivity contribution is 5.86. The van der Waals surface area contributed by atoms with E-state index in [0.717, 1.165) is 31.5 Å². The molecule has 0 radical (unpaired) electrons. The van der Waals surface area contributed by atoms with Gasteiger partial charge in [-0.15, -0.1) is 0 Å². The average molecular weight is 494 g/mol. The number of aromatic nitrogens is 3. The molecule has 2 fully saturated rings. The van der Waals surface area contributed by atoms with Crippen LogP contribution in [0.3, 0.4) is 0 Å². The number of likely N-dealkylation sites (tertiary alicyclic amines) is 1. The predicted octanol–water partition coefficient (Wildman–Crippen LogP) is 2.49. The maximum atomic E-state index is 13.5. The number of fused-ring (bicyclic) bond motifs is 1. The van der Waals surface area contributed by atoms with Gasteiger partial charge in [0, 0.05) is 57.2 Å². The van der Waals surface area contributed by atoms with Crippen LogP contribution in [0.4, 0.5) is 10.2 Å². The molecule has 36 heavy (non-hydrogen) atoms. The zero-order valence-electron chi connectivity index (χ0n) is 20.6. The first-order chi connectivity index (χ1) is 17.5. The second-order valence-corrected chi connectivity index (χ2v) is 9.53. The van der Waals surface area contributed by atoms with Gasteiger partial charge in [0.25, 0.3) is 0 Å². The Labute approximate surface area is 209 Å². The molecule has 9 nitrogen and oxygen atoms in total. The van der Waals surface area contributed by atoms with Crippen LogP contribution in [0.5, 0.6) is 0 Å². The third-order valence-corrected chi connectivity index (χ3v) is 7.02. The minimum atomic E-state index is -0.501. The van der Waals surface area contributed by atoms with Crippen molar-refractivity contribution in [2.24, 2.45) is 0 Å². The van der Waals surface area contributed by atoms with E-state index < -0.39 is 6.04 Å². The molecule has 1 atom stereocenters. The number of rotatable bonds is 6. The Kier molecular flexibility index (Phi) is 7.13. The Bertz CT molecular complexity index is 1210. The number of hydrogen-bond donors (Lipinski definition) is 1. The monoisotopic (exact) mass is 493 g/mol. The van der Waals surface area contributed by atoms with Crippen molar-refractivity contribution in [3.63, 3.8) is 0 Å². The molecule has 1 unspecified atom stereocenters. The molecular weight excluding hydrogens is 461 g/mol. The van der Waals surface area contributed by atoms with Crippen LogP contribution in [0, 0.1) is 5.82 Å². The number of piperazine rings is 1. The zero-order chi connectivity index (χ0) is 25.1. The largest absolute Gasteiger partial charge is 0.358 e. The summed E-state index contributed by atoms with van der Waals surface area (Å²) in [6.07, 6.45) is 8.47. The Morgan fingerprint density at radius 2 is 1.72 bits per heavy atom. The van der Waals surface area contributed by atoms with Gasteiger partial charge in [0.1, 0.15) is 23.4 Å². The van der Waals surface area contributed by atoms with Gasteiger partial charge in [-0.1, -0.05) is 0 Å². The summed E-state index contributed by atoms with van der Waals surface area (Å²) in [6.45, 7) is 6.51. The summed E-state index contributed by atoms with van der Waals surface area (Å²) < 4.78 is 15.3. The number of nitrogens with zero attached hydrogens (tertiary/aromatic N) is 6. The second-order valence-electron chi connectivity index (χ2n) is 9.53. The lowest BCUT2D eigenvalue weighted by Crippen LogP contribution is -2.54. The van der Waals surface area contributed by atoms with E-state index in [9.17, 15) is 14.0 Å². The molecule has 2 saturated heterocycles. The third kappa shape index (κ3) is 5.18. The number of piperidine rings is 1. The quantitative estimate of drug-likeness (QED) is 0.568. The number of hydrogen-bond acceptors (Lipinski definition) is 6. The van der Waals surface area contributed by atoms with Crippen LogP contribution >= 0.6 is 0 Å². The van der Waals surface area contributed by atoms with Crippen LogP contribution in [0.15, 0.2) is 42.9 Å². The van der Waals surface area contributed by atoms with Crippen LogP contribution in [0.1, 0.15) is 26.2 Å². The number of anilines is 1. The highest BCUT2D eigenvalue weighted by atomic mass is 19.1. The second kappa shape index (κ2) is 10.6. The Balaban J connectivity index is 1.23. The third-order valence-electron chi connectivity index (χ3n) is 7.02. The lowest BCUT2D eigenvalue weighted by Gasteiger charge is -2.37. The lowest BCUT2D eigenvalue weighted by molar-refractivity contribution is -0.135. The van der Waals surface area contributed by atoms with Crippen molar-refractivity contribution in [3.8, 4) is 11.3 Å². The molecule has 0 aliphatic carbocycles. The number of nitrogens with one attached hydrogen (secondary N) is 1. The molecule has 2 aliphatic heterocycles. The van der Waals surface area contributed by atoms with Gasteiger partial charge < -0.3 is 15.1 Å². The first-order valence-electron chi connectivity index (χ1n) is 12.6. The normalized spacial score (nSPS) is 17.8.